The van der Waals surface area contributed by atoms with Crippen molar-refractivity contribution in [3.8, 4) is 0 Å². The van der Waals surface area contributed by atoms with Crippen LogP contribution < -0.4 is 31.5 Å². The number of nitrogens with zero attached hydrogens (tertiary/aromatic N) is 6. The molecule has 0 aliphatic heterocycles. The molecule has 0 amide bonds. The second-order valence-corrected chi connectivity index (χ2v) is 11.6. The summed E-state index contributed by atoms with van der Waals surface area (Å²) in [5.74, 6) is 0.233. The van der Waals surface area contributed by atoms with Gasteiger partial charge in [-0.2, -0.15) is 19.9 Å². The number of anilines is 6. The normalized spacial score (nSPS) is 11.5. The first kappa shape index (κ1) is 27.1. The second kappa shape index (κ2) is 10.8. The molecule has 4 rings (SSSR count). The molecule has 18 nitrogen and oxygen atoms in total. The summed E-state index contributed by atoms with van der Waals surface area (Å²) in [6.07, 6.45) is 0. The van der Waals surface area contributed by atoms with Crippen molar-refractivity contribution in [1.82, 2.24) is 39.9 Å². The molecule has 4 aromatic rings. The average Bonchev–Trinajstić information content (AvgIpc) is 2.76. The molecule has 0 aliphatic carbocycles. The van der Waals surface area contributed by atoms with E-state index in [4.69, 9.17) is 0 Å². The number of hydrogen-bond acceptors (Lipinski definition) is 14. The highest BCUT2D eigenvalue weighted by molar-refractivity contribution is 8.09. The molecule has 0 saturated carbocycles. The lowest BCUT2D eigenvalue weighted by Gasteiger charge is -2.11. The van der Waals surface area contributed by atoms with Gasteiger partial charge in [-0.3, -0.25) is 19.4 Å². The van der Waals surface area contributed by atoms with Crippen molar-refractivity contribution in [3.63, 3.8) is 0 Å². The van der Waals surface area contributed by atoms with Gasteiger partial charge in [-0.15, -0.1) is 0 Å². The van der Waals surface area contributed by atoms with Crippen LogP contribution in [0.2, 0.25) is 0 Å². The van der Waals surface area contributed by atoms with Crippen molar-refractivity contribution in [3.05, 3.63) is 69.0 Å². The van der Waals surface area contributed by atoms with E-state index in [2.05, 4.69) is 59.9 Å². The Hall–Kier alpha value is -4.98. The van der Waals surface area contributed by atoms with Gasteiger partial charge >= 0.3 is 11.4 Å². The maximum atomic E-state index is 12.6. The van der Waals surface area contributed by atoms with Crippen LogP contribution in [0.4, 0.5) is 35.2 Å². The van der Waals surface area contributed by atoms with E-state index in [0.29, 0.717) is 11.6 Å². The van der Waals surface area contributed by atoms with Crippen LogP contribution in [0.15, 0.2) is 46.0 Å². The highest BCUT2D eigenvalue weighted by Gasteiger charge is 2.23. The predicted octanol–water partition coefficient (Wildman–Crippen LogP) is -0.322. The Morgan fingerprint density at radius 1 is 0.615 bits per heavy atom. The van der Waals surface area contributed by atoms with E-state index >= 15 is 0 Å². The Kier molecular flexibility index (Phi) is 7.49. The Labute approximate surface area is 219 Å². The Balaban J connectivity index is 1.43. The van der Waals surface area contributed by atoms with E-state index in [-0.39, 0.29) is 35.2 Å². The first-order valence-corrected chi connectivity index (χ1v) is 14.0. The van der Waals surface area contributed by atoms with Crippen molar-refractivity contribution in [2.75, 3.05) is 25.2 Å². The highest BCUT2D eigenvalue weighted by atomic mass is 32.3. The molecule has 0 aromatic carbocycles. The van der Waals surface area contributed by atoms with Crippen LogP contribution in [0, 0.1) is 13.8 Å². The lowest BCUT2D eigenvalue weighted by Crippen LogP contribution is -2.28. The van der Waals surface area contributed by atoms with Gasteiger partial charge in [0, 0.05) is 0 Å². The van der Waals surface area contributed by atoms with E-state index < -0.39 is 36.5 Å². The van der Waals surface area contributed by atoms with E-state index in [1.807, 2.05) is 0 Å². The molecule has 4 heterocycles. The van der Waals surface area contributed by atoms with Gasteiger partial charge in [-0.25, -0.2) is 36.4 Å². The van der Waals surface area contributed by atoms with Gasteiger partial charge in [-0.1, -0.05) is 12.1 Å². The fraction of sp³-hybridized carbons (Fsp3) is 0.158. The molecule has 0 fully saturated rings. The average molecular weight is 577 g/mol. The number of aromatic amines is 2. The maximum Gasteiger partial charge on any atom is 0.349 e. The van der Waals surface area contributed by atoms with Crippen LogP contribution in [0.3, 0.4) is 0 Å². The van der Waals surface area contributed by atoms with E-state index in [1.165, 1.54) is 36.4 Å². The number of pyridine rings is 2. The minimum Gasteiger partial charge on any atom is -0.309 e. The smallest absolute Gasteiger partial charge is 0.309 e. The molecule has 0 radical (unpaired) electrons. The Morgan fingerprint density at radius 3 is 1.38 bits per heavy atom. The van der Waals surface area contributed by atoms with Gasteiger partial charge in [-0.05, 0) is 38.1 Å². The molecule has 0 spiro atoms. The summed E-state index contributed by atoms with van der Waals surface area (Å²) >= 11 is 0. The van der Waals surface area contributed by atoms with Crippen molar-refractivity contribution in [1.29, 1.82) is 0 Å². The molecular formula is C19H20N12O6S2. The summed E-state index contributed by atoms with van der Waals surface area (Å²) < 4.78 is 54.5. The molecule has 4 aromatic heterocycles. The summed E-state index contributed by atoms with van der Waals surface area (Å²) in [4.78, 5) is 51.0. The van der Waals surface area contributed by atoms with Gasteiger partial charge in [0.25, 0.3) is 0 Å². The third-order valence-electron chi connectivity index (χ3n) is 4.35. The number of aromatic nitrogens is 8. The van der Waals surface area contributed by atoms with Gasteiger partial charge in [0.1, 0.15) is 34.9 Å². The SMILES string of the molecule is Cc1nc(Nc2cccc(NS(=O)(=O)CS(=O)(=O)Nc3cccc(Nc4nc(C)[nH]c(=O)n4)n3)n2)nc(=O)[nH]1. The Bertz CT molecular complexity index is 1720. The van der Waals surface area contributed by atoms with Crippen LogP contribution in [-0.2, 0) is 20.0 Å². The zero-order valence-corrected chi connectivity index (χ0v) is 21.8. The second-order valence-electron chi connectivity index (χ2n) is 7.74. The van der Waals surface area contributed by atoms with Crippen molar-refractivity contribution in [2.24, 2.45) is 0 Å². The van der Waals surface area contributed by atoms with Crippen LogP contribution in [-0.4, -0.2) is 61.8 Å². The summed E-state index contributed by atoms with van der Waals surface area (Å²) in [7, 11) is -8.92. The highest BCUT2D eigenvalue weighted by Crippen LogP contribution is 2.16. The lowest BCUT2D eigenvalue weighted by molar-refractivity contribution is 0.594. The quantitative estimate of drug-likeness (QED) is 0.141. The van der Waals surface area contributed by atoms with Gasteiger partial charge < -0.3 is 10.6 Å². The molecule has 204 valence electrons. The summed E-state index contributed by atoms with van der Waals surface area (Å²) in [6.45, 7) is 3.09. The standard InChI is InChI=1S/C19H20N12O6S2/c1-10-20-16(28-18(32)22-10)26-12-5-3-7-14(24-12)30-38(34,35)9-39(36,37)31-15-8-4-6-13(25-15)27-17-21-11(2)23-19(33)29-17/h3-8H,9H2,1-2H3,(H3,20,22,24,26,28,30,32)(H3,21,23,25,27,29,31,33). The molecule has 0 aliphatic rings. The molecule has 0 bridgehead atoms. The zero-order chi connectivity index (χ0) is 28.2. The number of nitrogens with one attached hydrogen (secondary N) is 6. The molecule has 0 atom stereocenters. The van der Waals surface area contributed by atoms with E-state index in [0.717, 1.165) is 0 Å². The van der Waals surface area contributed by atoms with Crippen molar-refractivity contribution >= 4 is 55.2 Å². The number of H-pyrrole nitrogens is 2. The van der Waals surface area contributed by atoms with Gasteiger partial charge in [0.2, 0.25) is 31.9 Å². The lowest BCUT2D eigenvalue weighted by atomic mass is 10.4. The monoisotopic (exact) mass is 576 g/mol. The minimum atomic E-state index is -4.46. The van der Waals surface area contributed by atoms with Crippen molar-refractivity contribution < 1.29 is 16.8 Å². The number of rotatable bonds is 10. The fourth-order valence-corrected chi connectivity index (χ4v) is 6.00. The van der Waals surface area contributed by atoms with Gasteiger partial charge in [0.15, 0.2) is 5.08 Å². The third kappa shape index (κ3) is 8.00. The summed E-state index contributed by atoms with van der Waals surface area (Å²) in [6, 6.07) is 8.38. The Morgan fingerprint density at radius 2 is 1.00 bits per heavy atom. The number of hydrogen-bond donors (Lipinski definition) is 6. The van der Waals surface area contributed by atoms with Crippen LogP contribution in [0.1, 0.15) is 11.6 Å². The van der Waals surface area contributed by atoms with Gasteiger partial charge in [0.05, 0.1) is 0 Å². The van der Waals surface area contributed by atoms with Crippen molar-refractivity contribution in [2.45, 2.75) is 13.8 Å². The number of sulfonamides is 2. The van der Waals surface area contributed by atoms with Crippen LogP contribution >= 0.6 is 0 Å². The predicted molar refractivity (Wildman–Crippen MR) is 140 cm³/mol. The van der Waals surface area contributed by atoms with E-state index in [9.17, 15) is 26.4 Å². The molecule has 20 heteroatoms. The summed E-state index contributed by atoms with van der Waals surface area (Å²) in [5, 5.41) is 3.97. The molecule has 0 saturated heterocycles. The van der Waals surface area contributed by atoms with E-state index in [1.54, 1.807) is 13.8 Å². The molecule has 6 N–H and O–H groups in total. The van der Waals surface area contributed by atoms with Crippen LogP contribution in [0.5, 0.6) is 0 Å². The molecular weight excluding hydrogens is 556 g/mol. The number of aryl methyl sites for hydroxylation is 2. The molecule has 0 unspecified atom stereocenters. The minimum absolute atomic E-state index is 0.0690. The molecule has 39 heavy (non-hydrogen) atoms. The topological polar surface area (TPSA) is 259 Å². The van der Waals surface area contributed by atoms with Crippen LogP contribution in [0.25, 0.3) is 0 Å². The first-order chi connectivity index (χ1) is 18.3. The largest absolute Gasteiger partial charge is 0.349 e. The maximum absolute atomic E-state index is 12.6. The first-order valence-electron chi connectivity index (χ1n) is 10.7. The third-order valence-corrected chi connectivity index (χ3v) is 7.87. The fourth-order valence-electron chi connectivity index (χ4n) is 3.03. The zero-order valence-electron chi connectivity index (χ0n) is 20.1. The summed E-state index contributed by atoms with van der Waals surface area (Å²) in [5.41, 5.74) is -1.29.